The van der Waals surface area contributed by atoms with Crippen molar-refractivity contribution in [2.24, 2.45) is 0 Å². The molecule has 1 atom stereocenters. The van der Waals surface area contributed by atoms with Crippen molar-refractivity contribution < 1.29 is 14.6 Å². The van der Waals surface area contributed by atoms with Crippen LogP contribution in [0.15, 0.2) is 24.3 Å². The van der Waals surface area contributed by atoms with E-state index in [-0.39, 0.29) is 12.4 Å². The number of ether oxygens (including phenoxy) is 1. The number of hydrogen-bond donors (Lipinski definition) is 1. The zero-order chi connectivity index (χ0) is 12.9. The van der Waals surface area contributed by atoms with Crippen molar-refractivity contribution in [1.82, 2.24) is 0 Å². The fraction of sp³-hybridized carbons (Fsp3) is 0.462. The first kappa shape index (κ1) is 14.0. The second kappa shape index (κ2) is 6.03. The molecule has 0 radical (unpaired) electrons. The van der Waals surface area contributed by atoms with Crippen LogP contribution in [0.1, 0.15) is 25.8 Å². The molecule has 0 amide bonds. The van der Waals surface area contributed by atoms with Crippen molar-refractivity contribution >= 4 is 17.6 Å². The quantitative estimate of drug-likeness (QED) is 0.824. The maximum absolute atomic E-state index is 11.3. The number of aliphatic hydroxyl groups is 1. The Kier molecular flexibility index (Phi) is 4.97. The van der Waals surface area contributed by atoms with Crippen molar-refractivity contribution in [3.05, 3.63) is 34.9 Å². The van der Waals surface area contributed by atoms with Crippen molar-refractivity contribution in [3.8, 4) is 0 Å². The van der Waals surface area contributed by atoms with Gasteiger partial charge in [0, 0.05) is 11.4 Å². The van der Waals surface area contributed by atoms with Gasteiger partial charge in [0.25, 0.3) is 0 Å². The molecule has 1 unspecified atom stereocenters. The summed E-state index contributed by atoms with van der Waals surface area (Å²) in [5.74, 6) is -0.383. The van der Waals surface area contributed by atoms with Crippen LogP contribution in [0.25, 0.3) is 0 Å². The predicted molar refractivity (Wildman–Crippen MR) is 67.0 cm³/mol. The van der Waals surface area contributed by atoms with Gasteiger partial charge in [-0.2, -0.15) is 0 Å². The Hall–Kier alpha value is -1.06. The minimum absolute atomic E-state index is 0.0104. The Labute approximate surface area is 106 Å². The summed E-state index contributed by atoms with van der Waals surface area (Å²) < 4.78 is 4.81. The molecule has 0 aliphatic rings. The van der Waals surface area contributed by atoms with E-state index in [9.17, 15) is 9.90 Å². The van der Waals surface area contributed by atoms with Gasteiger partial charge in [-0.1, -0.05) is 23.7 Å². The van der Waals surface area contributed by atoms with Crippen LogP contribution < -0.4 is 0 Å². The molecule has 0 bridgehead atoms. The van der Waals surface area contributed by atoms with Crippen LogP contribution >= 0.6 is 11.6 Å². The van der Waals surface area contributed by atoms with Gasteiger partial charge in [-0.15, -0.1) is 0 Å². The lowest BCUT2D eigenvalue weighted by atomic mass is 9.93. The molecule has 1 rings (SSSR count). The van der Waals surface area contributed by atoms with Crippen molar-refractivity contribution in [1.29, 1.82) is 0 Å². The van der Waals surface area contributed by atoms with E-state index in [4.69, 9.17) is 16.3 Å². The molecule has 3 nitrogen and oxygen atoms in total. The van der Waals surface area contributed by atoms with Crippen molar-refractivity contribution in [2.45, 2.75) is 32.3 Å². The van der Waals surface area contributed by atoms with E-state index in [1.165, 1.54) is 0 Å². The minimum atomic E-state index is -1.10. The van der Waals surface area contributed by atoms with Crippen LogP contribution in [0, 0.1) is 0 Å². The average molecular weight is 257 g/mol. The van der Waals surface area contributed by atoms with Gasteiger partial charge in [-0.05, 0) is 31.5 Å². The average Bonchev–Trinajstić information content (AvgIpc) is 2.20. The molecule has 1 aromatic rings. The molecule has 0 heterocycles. The van der Waals surface area contributed by atoms with Gasteiger partial charge < -0.3 is 9.84 Å². The predicted octanol–water partition coefficient (Wildman–Crippen LogP) is 2.59. The molecule has 1 aromatic carbocycles. The second-order valence-corrected chi connectivity index (χ2v) is 4.72. The maximum atomic E-state index is 11.3. The number of hydrogen-bond acceptors (Lipinski definition) is 3. The molecule has 0 aliphatic heterocycles. The molecular weight excluding hydrogens is 240 g/mol. The standard InChI is InChI=1S/C13H17ClO3/c1-3-17-12(15)9-13(2,16)8-10-4-6-11(14)7-5-10/h4-7,16H,3,8-9H2,1-2H3. The monoisotopic (exact) mass is 256 g/mol. The summed E-state index contributed by atoms with van der Waals surface area (Å²) in [4.78, 5) is 11.3. The first-order chi connectivity index (χ1) is 7.93. The Morgan fingerprint density at radius 1 is 1.41 bits per heavy atom. The largest absolute Gasteiger partial charge is 0.466 e. The highest BCUT2D eigenvalue weighted by Crippen LogP contribution is 2.19. The highest BCUT2D eigenvalue weighted by atomic mass is 35.5. The normalized spacial score (nSPS) is 14.1. The Balaban J connectivity index is 2.59. The van der Waals surface area contributed by atoms with E-state index in [1.807, 2.05) is 12.1 Å². The molecule has 0 saturated carbocycles. The number of carbonyl (C=O) groups excluding carboxylic acids is 1. The van der Waals surface area contributed by atoms with E-state index in [0.717, 1.165) is 5.56 Å². The van der Waals surface area contributed by atoms with Gasteiger partial charge >= 0.3 is 5.97 Å². The van der Waals surface area contributed by atoms with E-state index in [1.54, 1.807) is 26.0 Å². The zero-order valence-corrected chi connectivity index (χ0v) is 10.8. The van der Waals surface area contributed by atoms with Crippen molar-refractivity contribution in [2.75, 3.05) is 6.61 Å². The third kappa shape index (κ3) is 5.20. The molecule has 0 fully saturated rings. The van der Waals surface area contributed by atoms with Gasteiger partial charge in [-0.25, -0.2) is 0 Å². The number of esters is 1. The molecule has 0 aromatic heterocycles. The molecule has 1 N–H and O–H groups in total. The lowest BCUT2D eigenvalue weighted by molar-refractivity contribution is -0.148. The van der Waals surface area contributed by atoms with Gasteiger partial charge in [0.2, 0.25) is 0 Å². The molecule has 0 spiro atoms. The summed E-state index contributed by atoms with van der Waals surface area (Å²) in [6, 6.07) is 7.19. The van der Waals surface area contributed by atoms with Crippen LogP contribution in [0.3, 0.4) is 0 Å². The summed E-state index contributed by atoms with van der Waals surface area (Å²) in [5.41, 5.74) is -0.163. The number of carbonyl (C=O) groups is 1. The summed E-state index contributed by atoms with van der Waals surface area (Å²) in [6.07, 6.45) is 0.381. The summed E-state index contributed by atoms with van der Waals surface area (Å²) >= 11 is 5.77. The smallest absolute Gasteiger partial charge is 0.308 e. The van der Waals surface area contributed by atoms with Crippen LogP contribution in [-0.4, -0.2) is 23.3 Å². The Bertz CT molecular complexity index is 371. The number of rotatable bonds is 5. The molecule has 17 heavy (non-hydrogen) atoms. The first-order valence-corrected chi connectivity index (χ1v) is 5.93. The van der Waals surface area contributed by atoms with E-state index >= 15 is 0 Å². The summed E-state index contributed by atoms with van der Waals surface area (Å²) in [6.45, 7) is 3.69. The van der Waals surface area contributed by atoms with Crippen LogP contribution in [0.2, 0.25) is 5.02 Å². The van der Waals surface area contributed by atoms with Gasteiger partial charge in [0.05, 0.1) is 18.6 Å². The molecular formula is C13H17ClO3. The molecule has 0 aliphatic carbocycles. The van der Waals surface area contributed by atoms with Crippen LogP contribution in [0.5, 0.6) is 0 Å². The number of halogens is 1. The molecule has 4 heteroatoms. The summed E-state index contributed by atoms with van der Waals surface area (Å²) in [7, 11) is 0. The number of benzene rings is 1. The summed E-state index contributed by atoms with van der Waals surface area (Å²) in [5, 5.41) is 10.8. The Morgan fingerprint density at radius 2 is 2.00 bits per heavy atom. The van der Waals surface area contributed by atoms with Gasteiger partial charge in [-0.3, -0.25) is 4.79 Å². The van der Waals surface area contributed by atoms with Gasteiger partial charge in [0.15, 0.2) is 0 Å². The fourth-order valence-corrected chi connectivity index (χ4v) is 1.75. The minimum Gasteiger partial charge on any atom is -0.466 e. The third-order valence-corrected chi connectivity index (χ3v) is 2.58. The van der Waals surface area contributed by atoms with E-state index in [0.29, 0.717) is 18.1 Å². The lowest BCUT2D eigenvalue weighted by Crippen LogP contribution is -2.31. The van der Waals surface area contributed by atoms with Crippen molar-refractivity contribution in [3.63, 3.8) is 0 Å². The Morgan fingerprint density at radius 3 is 2.53 bits per heavy atom. The fourth-order valence-electron chi connectivity index (χ4n) is 1.63. The second-order valence-electron chi connectivity index (χ2n) is 4.28. The van der Waals surface area contributed by atoms with Crippen LogP contribution in [0.4, 0.5) is 0 Å². The topological polar surface area (TPSA) is 46.5 Å². The van der Waals surface area contributed by atoms with E-state index < -0.39 is 5.60 Å². The zero-order valence-electron chi connectivity index (χ0n) is 10.1. The third-order valence-electron chi connectivity index (χ3n) is 2.33. The first-order valence-electron chi connectivity index (χ1n) is 5.55. The SMILES string of the molecule is CCOC(=O)CC(C)(O)Cc1ccc(Cl)cc1. The highest BCUT2D eigenvalue weighted by Gasteiger charge is 2.25. The van der Waals surface area contributed by atoms with Gasteiger partial charge in [0.1, 0.15) is 0 Å². The lowest BCUT2D eigenvalue weighted by Gasteiger charge is -2.22. The van der Waals surface area contributed by atoms with Crippen LogP contribution in [-0.2, 0) is 16.0 Å². The van der Waals surface area contributed by atoms with E-state index in [2.05, 4.69) is 0 Å². The highest BCUT2D eigenvalue weighted by molar-refractivity contribution is 6.30. The molecule has 94 valence electrons. The molecule has 0 saturated heterocycles. The maximum Gasteiger partial charge on any atom is 0.308 e.